The van der Waals surface area contributed by atoms with E-state index in [1.807, 2.05) is 26.0 Å². The summed E-state index contributed by atoms with van der Waals surface area (Å²) < 4.78 is 0. The zero-order valence-corrected chi connectivity index (χ0v) is 15.0. The summed E-state index contributed by atoms with van der Waals surface area (Å²) in [6.07, 6.45) is 4.34. The Morgan fingerprint density at radius 3 is 1.54 bits per heavy atom. The van der Waals surface area contributed by atoms with E-state index in [2.05, 4.69) is 11.2 Å². The van der Waals surface area contributed by atoms with E-state index >= 15 is 0 Å². The number of nitrogens with zero attached hydrogens (tertiary/aromatic N) is 1. The van der Waals surface area contributed by atoms with Crippen molar-refractivity contribution >= 4 is 0 Å². The molecule has 1 heterocycles. The van der Waals surface area contributed by atoms with E-state index in [-0.39, 0.29) is 76.1 Å². The third-order valence-corrected chi connectivity index (χ3v) is 0.517. The number of hydrogen-bond donors (Lipinski definition) is 0. The first-order valence-electron chi connectivity index (χ1n) is 2.77. The van der Waals surface area contributed by atoms with E-state index in [1.165, 1.54) is 0 Å². The SMILES string of the molecule is CC.[CH3-].[CH3-].[CH3-].[W+2].[Y].[c-]1ccccn1. The van der Waals surface area contributed by atoms with Crippen LogP contribution in [0.2, 0.25) is 0 Å². The molecule has 75 valence electrons. The van der Waals surface area contributed by atoms with E-state index in [4.69, 9.17) is 0 Å². The predicted molar refractivity (Wildman–Crippen MR) is 53.7 cm³/mol. The summed E-state index contributed by atoms with van der Waals surface area (Å²) in [6.45, 7) is 4.00. The van der Waals surface area contributed by atoms with Crippen LogP contribution >= 0.6 is 0 Å². The molecule has 3 heteroatoms. The summed E-state index contributed by atoms with van der Waals surface area (Å²) >= 11 is 0. The third-order valence-electron chi connectivity index (χ3n) is 0.517. The van der Waals surface area contributed by atoms with Gasteiger partial charge >= 0.3 is 21.1 Å². The van der Waals surface area contributed by atoms with Crippen LogP contribution in [0, 0.1) is 28.5 Å². The van der Waals surface area contributed by atoms with Gasteiger partial charge in [-0.05, 0) is 0 Å². The van der Waals surface area contributed by atoms with Gasteiger partial charge in [-0.3, -0.25) is 0 Å². The van der Waals surface area contributed by atoms with Crippen LogP contribution in [0.3, 0.4) is 0 Å². The molecule has 0 saturated carbocycles. The zero-order chi connectivity index (χ0) is 6.24. The van der Waals surface area contributed by atoms with E-state index in [0.29, 0.717) is 0 Å². The van der Waals surface area contributed by atoms with Crippen molar-refractivity contribution < 1.29 is 53.8 Å². The van der Waals surface area contributed by atoms with Crippen LogP contribution < -0.4 is 0 Å². The molecule has 0 bridgehead atoms. The van der Waals surface area contributed by atoms with Crippen molar-refractivity contribution in [3.05, 3.63) is 52.9 Å². The van der Waals surface area contributed by atoms with E-state index in [0.717, 1.165) is 0 Å². The molecule has 1 radical (unpaired) electrons. The number of pyridine rings is 1. The van der Waals surface area contributed by atoms with Gasteiger partial charge in [-0.1, -0.05) is 26.2 Å². The van der Waals surface area contributed by atoms with Crippen molar-refractivity contribution in [2.24, 2.45) is 0 Å². The quantitative estimate of drug-likeness (QED) is 0.581. The van der Waals surface area contributed by atoms with Gasteiger partial charge in [-0.2, -0.15) is 18.2 Å². The number of aromatic nitrogens is 1. The monoisotopic (exact) mass is 426 g/mol. The smallest absolute Gasteiger partial charge is 0.394 e. The third kappa shape index (κ3) is 32.2. The average molecular weight is 426 g/mol. The minimum atomic E-state index is 0. The number of rotatable bonds is 0. The standard InChI is InChI=1S/C5H4N.C2H6.3CH3.W.Y/c1-2-4-6-5-3-1;1-2;;;;;/h1-4H;1-2H3;3*1H3;;/q-1;;3*-1;+2;. The normalized spacial score (nSPS) is 4.15. The molecule has 0 amide bonds. The van der Waals surface area contributed by atoms with Crippen LogP contribution in [0.1, 0.15) is 13.8 Å². The molecule has 1 aromatic heterocycles. The molecule has 0 fully saturated rings. The van der Waals surface area contributed by atoms with Gasteiger partial charge in [0.2, 0.25) is 0 Å². The fourth-order valence-electron chi connectivity index (χ4n) is 0.277. The Labute approximate surface area is 124 Å². The molecule has 0 atom stereocenters. The summed E-state index contributed by atoms with van der Waals surface area (Å²) in [6, 6.07) is 5.50. The van der Waals surface area contributed by atoms with E-state index in [9.17, 15) is 0 Å². The first-order chi connectivity index (χ1) is 4.00. The molecule has 0 saturated heterocycles. The van der Waals surface area contributed by atoms with Gasteiger partial charge in [0.25, 0.3) is 0 Å². The van der Waals surface area contributed by atoms with Gasteiger partial charge in [-0.15, -0.1) is 0 Å². The Balaban J connectivity index is -0.0000000166. The Bertz CT molecular complexity index is 86.8. The van der Waals surface area contributed by atoms with Crippen LogP contribution in [-0.2, 0) is 53.8 Å². The molecule has 0 aromatic carbocycles. The Morgan fingerprint density at radius 2 is 1.46 bits per heavy atom. The van der Waals surface area contributed by atoms with Crippen LogP contribution in [0.4, 0.5) is 0 Å². The van der Waals surface area contributed by atoms with Crippen molar-refractivity contribution in [3.63, 3.8) is 0 Å². The van der Waals surface area contributed by atoms with Crippen molar-refractivity contribution in [2.45, 2.75) is 13.8 Å². The zero-order valence-electron chi connectivity index (χ0n) is 9.24. The largest absolute Gasteiger partial charge is 2.00 e. The van der Waals surface area contributed by atoms with E-state index < -0.39 is 0 Å². The van der Waals surface area contributed by atoms with Crippen LogP contribution in [-0.4, -0.2) is 4.98 Å². The second-order valence-corrected chi connectivity index (χ2v) is 0.959. The average Bonchev–Trinajstić information content (AvgIpc) is 1.96. The summed E-state index contributed by atoms with van der Waals surface area (Å²) in [5.74, 6) is 0. The topological polar surface area (TPSA) is 12.9 Å². The fraction of sp³-hybridized carbons (Fsp3) is 0.200. The van der Waals surface area contributed by atoms with Crippen molar-refractivity contribution in [3.8, 4) is 0 Å². The molecule has 1 aromatic rings. The molecule has 1 rings (SSSR count). The molecular formula is C10H19NWY-2. The first-order valence-corrected chi connectivity index (χ1v) is 2.77. The minimum absolute atomic E-state index is 0. The molecule has 1 nitrogen and oxygen atoms in total. The molecule has 13 heavy (non-hydrogen) atoms. The molecule has 0 aliphatic heterocycles. The van der Waals surface area contributed by atoms with Gasteiger partial charge in [0.1, 0.15) is 0 Å². The number of hydrogen-bond acceptors (Lipinski definition) is 1. The van der Waals surface area contributed by atoms with Crippen LogP contribution in [0.25, 0.3) is 0 Å². The van der Waals surface area contributed by atoms with Crippen molar-refractivity contribution in [1.82, 2.24) is 4.98 Å². The summed E-state index contributed by atoms with van der Waals surface area (Å²) in [5.41, 5.74) is 0. The van der Waals surface area contributed by atoms with E-state index in [1.54, 1.807) is 12.3 Å². The van der Waals surface area contributed by atoms with Crippen molar-refractivity contribution in [1.29, 1.82) is 0 Å². The first kappa shape index (κ1) is 37.0. The second kappa shape index (κ2) is 38.3. The van der Waals surface area contributed by atoms with Crippen LogP contribution in [0.15, 0.2) is 24.4 Å². The minimum Gasteiger partial charge on any atom is -0.394 e. The maximum Gasteiger partial charge on any atom is 2.00 e. The van der Waals surface area contributed by atoms with Gasteiger partial charge in [0, 0.05) is 32.7 Å². The summed E-state index contributed by atoms with van der Waals surface area (Å²) in [4.78, 5) is 3.66. The van der Waals surface area contributed by atoms with Gasteiger partial charge in [0.05, 0.1) is 0 Å². The molecular weight excluding hydrogens is 407 g/mol. The summed E-state index contributed by atoms with van der Waals surface area (Å²) in [7, 11) is 0. The Kier molecular flexibility index (Phi) is 109. The van der Waals surface area contributed by atoms with Gasteiger partial charge in [0.15, 0.2) is 0 Å². The van der Waals surface area contributed by atoms with Crippen LogP contribution in [0.5, 0.6) is 0 Å². The Hall–Kier alpha value is 0.942. The van der Waals surface area contributed by atoms with Crippen molar-refractivity contribution in [2.75, 3.05) is 0 Å². The summed E-state index contributed by atoms with van der Waals surface area (Å²) in [5, 5.41) is 0. The predicted octanol–water partition coefficient (Wildman–Crippen LogP) is 3.25. The fourth-order valence-corrected chi connectivity index (χ4v) is 0.277. The second-order valence-electron chi connectivity index (χ2n) is 0.959. The molecule has 0 N–H and O–H groups in total. The maximum absolute atomic E-state index is 3.66. The Morgan fingerprint density at radius 1 is 1.00 bits per heavy atom. The molecule has 0 spiro atoms. The molecule has 0 aliphatic carbocycles. The maximum atomic E-state index is 3.66. The van der Waals surface area contributed by atoms with Gasteiger partial charge < -0.3 is 27.3 Å². The van der Waals surface area contributed by atoms with Gasteiger partial charge in [-0.25, -0.2) is 0 Å². The molecule has 0 unspecified atom stereocenters. The molecule has 0 aliphatic rings.